The third-order valence-electron chi connectivity index (χ3n) is 3.32. The van der Waals surface area contributed by atoms with Crippen molar-refractivity contribution in [2.45, 2.75) is 32.7 Å². The smallest absolute Gasteiger partial charge is 0.215 e. The van der Waals surface area contributed by atoms with Gasteiger partial charge in [-0.15, -0.1) is 0 Å². The highest BCUT2D eigenvalue weighted by atomic mass is 32.2. The fraction of sp³-hybridized carbons (Fsp3) is 1.00. The highest BCUT2D eigenvalue weighted by Gasteiger charge is 2.19. The van der Waals surface area contributed by atoms with Gasteiger partial charge in [-0.3, -0.25) is 0 Å². The zero-order chi connectivity index (χ0) is 13.6. The van der Waals surface area contributed by atoms with E-state index in [1.165, 1.54) is 17.1 Å². The Morgan fingerprint density at radius 3 is 2.44 bits per heavy atom. The van der Waals surface area contributed by atoms with Crippen LogP contribution in [0.1, 0.15) is 26.7 Å². The molecular weight excluding hydrogens is 250 g/mol. The highest BCUT2D eigenvalue weighted by molar-refractivity contribution is 7.89. The molecule has 0 aliphatic carbocycles. The Balaban J connectivity index is 2.27. The van der Waals surface area contributed by atoms with Crippen molar-refractivity contribution in [2.75, 3.05) is 45.5 Å². The first-order chi connectivity index (χ1) is 8.42. The number of likely N-dealkylation sites (tertiary alicyclic amines) is 1. The van der Waals surface area contributed by atoms with Gasteiger partial charge in [0.05, 0.1) is 5.75 Å². The predicted molar refractivity (Wildman–Crippen MR) is 75.2 cm³/mol. The van der Waals surface area contributed by atoms with E-state index in [-0.39, 0.29) is 5.75 Å². The molecule has 0 unspecified atom stereocenters. The van der Waals surface area contributed by atoms with E-state index in [9.17, 15) is 8.42 Å². The standard InChI is InChI=1S/C12H27N3O2S/c1-12(2)13-6-11-18(16,17)14(3)9-10-15-7-4-5-8-15/h12-13H,4-11H2,1-3H3. The Labute approximate surface area is 112 Å². The third-order valence-corrected chi connectivity index (χ3v) is 5.17. The normalized spacial score (nSPS) is 18.1. The van der Waals surface area contributed by atoms with Crippen LogP contribution in [-0.4, -0.2) is 69.2 Å². The van der Waals surface area contributed by atoms with Gasteiger partial charge in [0, 0.05) is 32.7 Å². The average Bonchev–Trinajstić information content (AvgIpc) is 2.77. The van der Waals surface area contributed by atoms with Crippen LogP contribution in [0.5, 0.6) is 0 Å². The van der Waals surface area contributed by atoms with E-state index in [4.69, 9.17) is 0 Å². The SMILES string of the molecule is CC(C)NCCS(=O)(=O)N(C)CCN1CCCC1. The number of rotatable bonds is 8. The van der Waals surface area contributed by atoms with Crippen molar-refractivity contribution >= 4 is 10.0 Å². The molecule has 1 aliphatic rings. The van der Waals surface area contributed by atoms with E-state index in [1.54, 1.807) is 7.05 Å². The van der Waals surface area contributed by atoms with Gasteiger partial charge in [-0.25, -0.2) is 12.7 Å². The van der Waals surface area contributed by atoms with Crippen LogP contribution in [-0.2, 0) is 10.0 Å². The van der Waals surface area contributed by atoms with E-state index in [0.29, 0.717) is 19.1 Å². The molecule has 18 heavy (non-hydrogen) atoms. The molecule has 1 fully saturated rings. The van der Waals surface area contributed by atoms with Gasteiger partial charge in [0.2, 0.25) is 10.0 Å². The zero-order valence-corrected chi connectivity index (χ0v) is 12.7. The fourth-order valence-electron chi connectivity index (χ4n) is 2.06. The Hall–Kier alpha value is -0.170. The molecular formula is C12H27N3O2S. The Morgan fingerprint density at radius 1 is 1.28 bits per heavy atom. The Bertz CT molecular complexity index is 324. The first-order valence-corrected chi connectivity index (χ1v) is 8.42. The summed E-state index contributed by atoms with van der Waals surface area (Å²) in [5.74, 6) is 0.182. The lowest BCUT2D eigenvalue weighted by Crippen LogP contribution is -2.39. The van der Waals surface area contributed by atoms with Crippen LogP contribution in [0.25, 0.3) is 0 Å². The highest BCUT2D eigenvalue weighted by Crippen LogP contribution is 2.07. The second-order valence-electron chi connectivity index (χ2n) is 5.30. The van der Waals surface area contributed by atoms with Crippen LogP contribution in [0.15, 0.2) is 0 Å². The summed E-state index contributed by atoms with van der Waals surface area (Å²) in [6.45, 7) is 8.24. The summed E-state index contributed by atoms with van der Waals surface area (Å²) in [6, 6.07) is 0.329. The third kappa shape index (κ3) is 5.65. The van der Waals surface area contributed by atoms with Crippen molar-refractivity contribution in [3.8, 4) is 0 Å². The van der Waals surface area contributed by atoms with Crippen molar-refractivity contribution in [3.63, 3.8) is 0 Å². The molecule has 0 aromatic heterocycles. The second kappa shape index (κ2) is 7.43. The Morgan fingerprint density at radius 2 is 1.89 bits per heavy atom. The maximum atomic E-state index is 12.0. The molecule has 1 saturated heterocycles. The number of likely N-dealkylation sites (N-methyl/N-ethyl adjacent to an activating group) is 1. The minimum absolute atomic E-state index is 0.182. The number of nitrogens with zero attached hydrogens (tertiary/aromatic N) is 2. The number of hydrogen-bond donors (Lipinski definition) is 1. The lowest BCUT2D eigenvalue weighted by molar-refractivity contribution is 0.310. The van der Waals surface area contributed by atoms with Gasteiger partial charge in [-0.2, -0.15) is 0 Å². The number of nitrogens with one attached hydrogen (secondary N) is 1. The lowest BCUT2D eigenvalue weighted by atomic mass is 10.4. The minimum atomic E-state index is -3.10. The molecule has 1 rings (SSSR count). The molecule has 1 N–H and O–H groups in total. The first kappa shape index (κ1) is 15.9. The first-order valence-electron chi connectivity index (χ1n) is 6.81. The van der Waals surface area contributed by atoms with Gasteiger partial charge in [-0.1, -0.05) is 13.8 Å². The summed E-state index contributed by atoms with van der Waals surface area (Å²) in [5, 5.41) is 3.14. The summed E-state index contributed by atoms with van der Waals surface area (Å²) < 4.78 is 25.5. The topological polar surface area (TPSA) is 52.7 Å². The monoisotopic (exact) mass is 277 g/mol. The molecule has 0 bridgehead atoms. The van der Waals surface area contributed by atoms with Gasteiger partial charge in [-0.05, 0) is 25.9 Å². The van der Waals surface area contributed by atoms with Crippen molar-refractivity contribution in [1.29, 1.82) is 0 Å². The number of sulfonamides is 1. The van der Waals surface area contributed by atoms with Crippen LogP contribution in [0.2, 0.25) is 0 Å². The maximum Gasteiger partial charge on any atom is 0.215 e. The molecule has 0 aromatic carbocycles. The molecule has 108 valence electrons. The lowest BCUT2D eigenvalue weighted by Gasteiger charge is -2.21. The van der Waals surface area contributed by atoms with Crippen molar-refractivity contribution in [3.05, 3.63) is 0 Å². The summed E-state index contributed by atoms with van der Waals surface area (Å²) in [4.78, 5) is 2.33. The average molecular weight is 277 g/mol. The summed E-state index contributed by atoms with van der Waals surface area (Å²) in [5.41, 5.74) is 0. The fourth-order valence-corrected chi connectivity index (χ4v) is 3.11. The summed E-state index contributed by atoms with van der Waals surface area (Å²) in [6.07, 6.45) is 2.49. The zero-order valence-electron chi connectivity index (χ0n) is 11.9. The Kier molecular flexibility index (Phi) is 6.55. The van der Waals surface area contributed by atoms with E-state index in [0.717, 1.165) is 19.6 Å². The van der Waals surface area contributed by atoms with Crippen LogP contribution in [0, 0.1) is 0 Å². The summed E-state index contributed by atoms with van der Waals surface area (Å²) >= 11 is 0. The molecule has 1 aliphatic heterocycles. The van der Waals surface area contributed by atoms with Crippen LogP contribution in [0.4, 0.5) is 0 Å². The minimum Gasteiger partial charge on any atom is -0.313 e. The molecule has 0 atom stereocenters. The van der Waals surface area contributed by atoms with Crippen molar-refractivity contribution in [2.24, 2.45) is 0 Å². The molecule has 0 amide bonds. The van der Waals surface area contributed by atoms with Crippen molar-refractivity contribution in [1.82, 2.24) is 14.5 Å². The molecule has 5 nitrogen and oxygen atoms in total. The predicted octanol–water partition coefficient (Wildman–Crippen LogP) is 0.342. The van der Waals surface area contributed by atoms with Gasteiger partial charge >= 0.3 is 0 Å². The van der Waals surface area contributed by atoms with Gasteiger partial charge in [0.15, 0.2) is 0 Å². The maximum absolute atomic E-state index is 12.0. The van der Waals surface area contributed by atoms with E-state index in [2.05, 4.69) is 10.2 Å². The van der Waals surface area contributed by atoms with Crippen LogP contribution >= 0.6 is 0 Å². The number of hydrogen-bond acceptors (Lipinski definition) is 4. The van der Waals surface area contributed by atoms with Gasteiger partial charge < -0.3 is 10.2 Å². The van der Waals surface area contributed by atoms with E-state index < -0.39 is 10.0 Å². The van der Waals surface area contributed by atoms with Gasteiger partial charge in [0.25, 0.3) is 0 Å². The quantitative estimate of drug-likeness (QED) is 0.695. The van der Waals surface area contributed by atoms with Gasteiger partial charge in [0.1, 0.15) is 0 Å². The van der Waals surface area contributed by atoms with E-state index >= 15 is 0 Å². The van der Waals surface area contributed by atoms with Crippen molar-refractivity contribution < 1.29 is 8.42 Å². The molecule has 6 heteroatoms. The molecule has 0 aromatic rings. The van der Waals surface area contributed by atoms with Crippen LogP contribution < -0.4 is 5.32 Å². The molecule has 0 spiro atoms. The van der Waals surface area contributed by atoms with Crippen LogP contribution in [0.3, 0.4) is 0 Å². The largest absolute Gasteiger partial charge is 0.313 e. The van der Waals surface area contributed by atoms with E-state index in [1.807, 2.05) is 13.8 Å². The molecule has 0 saturated carbocycles. The summed E-state index contributed by atoms with van der Waals surface area (Å²) in [7, 11) is -1.42. The second-order valence-corrected chi connectivity index (χ2v) is 7.49. The molecule has 1 heterocycles. The molecule has 0 radical (unpaired) electrons.